The van der Waals surface area contributed by atoms with Crippen LogP contribution in [0, 0.1) is 0 Å². The average Bonchev–Trinajstić information content (AvgIpc) is 2.90. The summed E-state index contributed by atoms with van der Waals surface area (Å²) in [6.07, 6.45) is 2.91. The quantitative estimate of drug-likeness (QED) is 0.909. The van der Waals surface area contributed by atoms with Gasteiger partial charge in [0.15, 0.2) is 0 Å². The second kappa shape index (κ2) is 6.52. The third-order valence-corrected chi connectivity index (χ3v) is 4.10. The van der Waals surface area contributed by atoms with Gasteiger partial charge in [-0.1, -0.05) is 30.3 Å². The lowest BCUT2D eigenvalue weighted by Crippen LogP contribution is -2.42. The molecule has 2 unspecified atom stereocenters. The van der Waals surface area contributed by atoms with Crippen LogP contribution in [0.3, 0.4) is 0 Å². The van der Waals surface area contributed by atoms with Gasteiger partial charge in [0.05, 0.1) is 19.3 Å². The molecule has 0 bridgehead atoms. The highest BCUT2D eigenvalue weighted by Crippen LogP contribution is 2.33. The Morgan fingerprint density at radius 3 is 2.83 bits per heavy atom. The maximum absolute atomic E-state index is 11.9. The van der Waals surface area contributed by atoms with Crippen LogP contribution in [0.25, 0.3) is 0 Å². The van der Waals surface area contributed by atoms with Gasteiger partial charge in [0.1, 0.15) is 5.72 Å². The van der Waals surface area contributed by atoms with Crippen LogP contribution in [0.1, 0.15) is 25.3 Å². The van der Waals surface area contributed by atoms with E-state index in [2.05, 4.69) is 4.98 Å². The fourth-order valence-corrected chi connectivity index (χ4v) is 2.87. The second-order valence-electron chi connectivity index (χ2n) is 5.93. The Morgan fingerprint density at radius 2 is 2.09 bits per heavy atom. The zero-order chi connectivity index (χ0) is 16.3. The number of ether oxygens (including phenoxy) is 2. The van der Waals surface area contributed by atoms with Crippen molar-refractivity contribution in [3.05, 3.63) is 69.0 Å². The van der Waals surface area contributed by atoms with Crippen molar-refractivity contribution in [1.82, 2.24) is 9.55 Å². The number of rotatable bonds is 5. The minimum absolute atomic E-state index is 0.0671. The lowest BCUT2D eigenvalue weighted by molar-refractivity contribution is -0.110. The minimum atomic E-state index is -0.748. The van der Waals surface area contributed by atoms with Gasteiger partial charge in [-0.15, -0.1) is 0 Å². The van der Waals surface area contributed by atoms with Gasteiger partial charge in [-0.2, -0.15) is 0 Å². The molecule has 0 aliphatic carbocycles. The second-order valence-corrected chi connectivity index (χ2v) is 5.93. The molecule has 6 heteroatoms. The zero-order valence-electron chi connectivity index (χ0n) is 13.0. The van der Waals surface area contributed by atoms with Crippen molar-refractivity contribution in [3.63, 3.8) is 0 Å². The van der Waals surface area contributed by atoms with Gasteiger partial charge in [0.2, 0.25) is 0 Å². The first-order valence-electron chi connectivity index (χ1n) is 7.69. The summed E-state index contributed by atoms with van der Waals surface area (Å²) in [5.74, 6) is 0. The van der Waals surface area contributed by atoms with Crippen molar-refractivity contribution in [2.24, 2.45) is 0 Å². The van der Waals surface area contributed by atoms with E-state index in [4.69, 9.17) is 9.47 Å². The van der Waals surface area contributed by atoms with Crippen LogP contribution in [-0.4, -0.2) is 22.3 Å². The topological polar surface area (TPSA) is 73.3 Å². The molecule has 2 heterocycles. The van der Waals surface area contributed by atoms with E-state index in [1.807, 2.05) is 37.3 Å². The Hall–Kier alpha value is -2.18. The summed E-state index contributed by atoms with van der Waals surface area (Å²) in [5.41, 5.74) is -0.492. The molecular formula is C17H20N2O4. The summed E-state index contributed by atoms with van der Waals surface area (Å²) in [7, 11) is 0. The largest absolute Gasteiger partial charge is 0.374 e. The molecule has 2 aromatic rings. The molecule has 1 aliphatic heterocycles. The van der Waals surface area contributed by atoms with Crippen LogP contribution in [-0.2, 0) is 21.8 Å². The van der Waals surface area contributed by atoms with Gasteiger partial charge in [0, 0.05) is 12.3 Å². The highest BCUT2D eigenvalue weighted by molar-refractivity contribution is 5.13. The normalized spacial score (nSPS) is 24.0. The molecular weight excluding hydrogens is 296 g/mol. The van der Waals surface area contributed by atoms with Crippen molar-refractivity contribution in [2.45, 2.75) is 38.2 Å². The molecule has 0 radical (unpaired) electrons. The monoisotopic (exact) mass is 316 g/mol. The molecule has 3 rings (SSSR count). The number of aromatic nitrogens is 2. The van der Waals surface area contributed by atoms with E-state index in [0.29, 0.717) is 19.6 Å². The Bertz CT molecular complexity index is 768. The molecule has 0 amide bonds. The SMILES string of the molecule is CC1(n2ccc(=O)[nH]c2=O)CCC(COCc2ccccc2)O1. The average molecular weight is 316 g/mol. The van der Waals surface area contributed by atoms with E-state index in [1.165, 1.54) is 16.8 Å². The lowest BCUT2D eigenvalue weighted by atomic mass is 10.1. The molecule has 0 saturated carbocycles. The highest BCUT2D eigenvalue weighted by Gasteiger charge is 2.38. The Labute approximate surface area is 133 Å². The van der Waals surface area contributed by atoms with E-state index < -0.39 is 17.0 Å². The van der Waals surface area contributed by atoms with Crippen molar-refractivity contribution in [1.29, 1.82) is 0 Å². The summed E-state index contributed by atoms with van der Waals surface area (Å²) in [5, 5.41) is 0. The third kappa shape index (κ3) is 3.60. The van der Waals surface area contributed by atoms with Gasteiger partial charge in [-0.3, -0.25) is 14.3 Å². The molecule has 1 saturated heterocycles. The molecule has 2 atom stereocenters. The number of hydrogen-bond acceptors (Lipinski definition) is 4. The fourth-order valence-electron chi connectivity index (χ4n) is 2.87. The number of nitrogens with one attached hydrogen (secondary N) is 1. The Morgan fingerprint density at radius 1 is 1.30 bits per heavy atom. The van der Waals surface area contributed by atoms with Crippen LogP contribution in [0.2, 0.25) is 0 Å². The summed E-state index contributed by atoms with van der Waals surface area (Å²) in [6, 6.07) is 11.3. The van der Waals surface area contributed by atoms with Crippen molar-refractivity contribution in [2.75, 3.05) is 6.61 Å². The molecule has 1 aromatic carbocycles. The van der Waals surface area contributed by atoms with Crippen LogP contribution >= 0.6 is 0 Å². The molecule has 122 valence electrons. The number of benzene rings is 1. The van der Waals surface area contributed by atoms with E-state index in [9.17, 15) is 9.59 Å². The number of H-pyrrole nitrogens is 1. The third-order valence-electron chi connectivity index (χ3n) is 4.10. The maximum Gasteiger partial charge on any atom is 0.330 e. The molecule has 0 spiro atoms. The van der Waals surface area contributed by atoms with Gasteiger partial charge >= 0.3 is 5.69 Å². The Balaban J connectivity index is 1.59. The number of hydrogen-bond donors (Lipinski definition) is 1. The molecule has 1 aromatic heterocycles. The van der Waals surface area contributed by atoms with Gasteiger partial charge in [0.25, 0.3) is 5.56 Å². The van der Waals surface area contributed by atoms with Gasteiger partial charge < -0.3 is 9.47 Å². The molecule has 1 aliphatic rings. The van der Waals surface area contributed by atoms with Gasteiger partial charge in [-0.05, 0) is 25.3 Å². The number of nitrogens with zero attached hydrogens (tertiary/aromatic N) is 1. The Kier molecular flexibility index (Phi) is 4.45. The minimum Gasteiger partial charge on any atom is -0.374 e. The lowest BCUT2D eigenvalue weighted by Gasteiger charge is -2.27. The smallest absolute Gasteiger partial charge is 0.330 e. The van der Waals surface area contributed by atoms with Crippen LogP contribution < -0.4 is 11.2 Å². The van der Waals surface area contributed by atoms with Crippen molar-refractivity contribution < 1.29 is 9.47 Å². The van der Waals surface area contributed by atoms with Crippen LogP contribution in [0.4, 0.5) is 0 Å². The van der Waals surface area contributed by atoms with E-state index in [1.54, 1.807) is 0 Å². The molecule has 1 fully saturated rings. The van der Waals surface area contributed by atoms with Crippen LogP contribution in [0.5, 0.6) is 0 Å². The summed E-state index contributed by atoms with van der Waals surface area (Å²) >= 11 is 0. The first-order valence-corrected chi connectivity index (χ1v) is 7.69. The standard InChI is InChI=1S/C17H20N2O4/c1-17(19-10-8-15(20)18-16(19)21)9-7-14(23-17)12-22-11-13-5-3-2-4-6-13/h2-6,8,10,14H,7,9,11-12H2,1H3,(H,18,20,21). The first-order chi connectivity index (χ1) is 11.1. The van der Waals surface area contributed by atoms with E-state index >= 15 is 0 Å². The van der Waals surface area contributed by atoms with Gasteiger partial charge in [-0.25, -0.2) is 4.79 Å². The van der Waals surface area contributed by atoms with Crippen LogP contribution in [0.15, 0.2) is 52.2 Å². The summed E-state index contributed by atoms with van der Waals surface area (Å²) < 4.78 is 13.2. The van der Waals surface area contributed by atoms with Crippen molar-refractivity contribution in [3.8, 4) is 0 Å². The fraction of sp³-hybridized carbons (Fsp3) is 0.412. The first kappa shape index (κ1) is 15.7. The predicted octanol–water partition coefficient (Wildman–Crippen LogP) is 1.61. The van der Waals surface area contributed by atoms with E-state index in [0.717, 1.165) is 12.0 Å². The zero-order valence-corrected chi connectivity index (χ0v) is 13.0. The highest BCUT2D eigenvalue weighted by atomic mass is 16.6. The maximum atomic E-state index is 11.9. The number of aromatic amines is 1. The molecule has 1 N–H and O–H groups in total. The molecule has 6 nitrogen and oxygen atoms in total. The predicted molar refractivity (Wildman–Crippen MR) is 85.2 cm³/mol. The molecule has 23 heavy (non-hydrogen) atoms. The van der Waals surface area contributed by atoms with E-state index in [-0.39, 0.29) is 6.10 Å². The van der Waals surface area contributed by atoms with Crippen molar-refractivity contribution >= 4 is 0 Å². The summed E-state index contributed by atoms with van der Waals surface area (Å²) in [4.78, 5) is 25.4. The summed E-state index contributed by atoms with van der Waals surface area (Å²) in [6.45, 7) is 2.86.